The van der Waals surface area contributed by atoms with Gasteiger partial charge in [-0.25, -0.2) is 9.59 Å². The van der Waals surface area contributed by atoms with E-state index in [1.165, 1.54) is 0 Å². The van der Waals surface area contributed by atoms with E-state index in [-0.39, 0.29) is 31.1 Å². The van der Waals surface area contributed by atoms with Gasteiger partial charge in [0, 0.05) is 12.5 Å². The van der Waals surface area contributed by atoms with E-state index in [4.69, 9.17) is 14.6 Å². The molecule has 2 unspecified atom stereocenters. The van der Waals surface area contributed by atoms with Gasteiger partial charge in [-0.3, -0.25) is 4.79 Å². The molecule has 1 saturated carbocycles. The number of benzene rings is 2. The van der Waals surface area contributed by atoms with Crippen LogP contribution in [0.5, 0.6) is 0 Å². The first kappa shape index (κ1) is 22.4. The van der Waals surface area contributed by atoms with Crippen LogP contribution < -0.4 is 10.6 Å². The van der Waals surface area contributed by atoms with Gasteiger partial charge in [-0.05, 0) is 54.4 Å². The number of carbonyl (C=O) groups is 3. The van der Waals surface area contributed by atoms with E-state index in [1.54, 1.807) is 0 Å². The number of rotatable bonds is 7. The molecule has 0 radical (unpaired) electrons. The van der Waals surface area contributed by atoms with Crippen molar-refractivity contribution in [1.29, 1.82) is 0 Å². The third-order valence-corrected chi connectivity index (χ3v) is 7.20. The Morgan fingerprint density at radius 2 is 1.65 bits per heavy atom. The number of hydrogen-bond donors (Lipinski definition) is 3. The van der Waals surface area contributed by atoms with E-state index < -0.39 is 23.7 Å². The summed E-state index contributed by atoms with van der Waals surface area (Å²) < 4.78 is 11.1. The highest BCUT2D eigenvalue weighted by molar-refractivity contribution is 5.91. The minimum absolute atomic E-state index is 0.0500. The summed E-state index contributed by atoms with van der Waals surface area (Å²) in [6.07, 6.45) is 1.13. The summed E-state index contributed by atoms with van der Waals surface area (Å²) in [6, 6.07) is 16.2. The SMILES string of the molecule is O=C(NC1(C(=O)NCC2CCC(C(=O)O)O2)CCC1)OCC1c2ccccc2-c2ccccc21. The molecule has 1 saturated heterocycles. The zero-order chi connectivity index (χ0) is 23.7. The van der Waals surface area contributed by atoms with Gasteiger partial charge in [0.05, 0.1) is 6.10 Å². The van der Waals surface area contributed by atoms with Gasteiger partial charge in [0.25, 0.3) is 0 Å². The van der Waals surface area contributed by atoms with E-state index in [9.17, 15) is 14.4 Å². The van der Waals surface area contributed by atoms with Gasteiger partial charge >= 0.3 is 12.1 Å². The molecule has 2 atom stereocenters. The van der Waals surface area contributed by atoms with Crippen LogP contribution in [0.4, 0.5) is 4.79 Å². The molecule has 0 spiro atoms. The maximum Gasteiger partial charge on any atom is 0.408 e. The third kappa shape index (κ3) is 4.14. The predicted octanol–water partition coefficient (Wildman–Crippen LogP) is 3.20. The first-order valence-corrected chi connectivity index (χ1v) is 11.8. The van der Waals surface area contributed by atoms with Crippen molar-refractivity contribution < 1.29 is 29.0 Å². The molecule has 5 rings (SSSR count). The fourth-order valence-electron chi connectivity index (χ4n) is 5.18. The van der Waals surface area contributed by atoms with Crippen LogP contribution in [0, 0.1) is 0 Å². The van der Waals surface area contributed by atoms with Gasteiger partial charge in [0.2, 0.25) is 5.91 Å². The Kier molecular flexibility index (Phi) is 6.00. The average Bonchev–Trinajstić information content (AvgIpc) is 3.42. The second kappa shape index (κ2) is 9.10. The highest BCUT2D eigenvalue weighted by Gasteiger charge is 2.46. The summed E-state index contributed by atoms with van der Waals surface area (Å²) in [5.74, 6) is -1.32. The predicted molar refractivity (Wildman–Crippen MR) is 123 cm³/mol. The number of aliphatic carboxylic acids is 1. The number of ether oxygens (including phenoxy) is 2. The number of carboxylic acid groups (broad SMARTS) is 1. The van der Waals surface area contributed by atoms with Gasteiger partial charge < -0.3 is 25.2 Å². The van der Waals surface area contributed by atoms with Crippen molar-refractivity contribution in [3.63, 3.8) is 0 Å². The second-order valence-corrected chi connectivity index (χ2v) is 9.26. The van der Waals surface area contributed by atoms with Crippen molar-refractivity contribution in [2.75, 3.05) is 13.2 Å². The fraction of sp³-hybridized carbons (Fsp3) is 0.423. The minimum atomic E-state index is -0.993. The minimum Gasteiger partial charge on any atom is -0.479 e. The molecular formula is C26H28N2O6. The Bertz CT molecular complexity index is 1070. The number of hydrogen-bond acceptors (Lipinski definition) is 5. The van der Waals surface area contributed by atoms with Crippen molar-refractivity contribution in [1.82, 2.24) is 10.6 Å². The van der Waals surface area contributed by atoms with Crippen LogP contribution >= 0.6 is 0 Å². The molecule has 3 N–H and O–H groups in total. The molecule has 8 nitrogen and oxygen atoms in total. The first-order chi connectivity index (χ1) is 16.5. The number of carboxylic acids is 1. The summed E-state index contributed by atoms with van der Waals surface area (Å²) >= 11 is 0. The van der Waals surface area contributed by atoms with Crippen molar-refractivity contribution in [3.05, 3.63) is 59.7 Å². The molecule has 0 aromatic heterocycles. The highest BCUT2D eigenvalue weighted by atomic mass is 16.5. The van der Waals surface area contributed by atoms with Crippen LogP contribution in [0.15, 0.2) is 48.5 Å². The molecule has 2 aromatic carbocycles. The lowest BCUT2D eigenvalue weighted by atomic mass is 9.76. The second-order valence-electron chi connectivity index (χ2n) is 9.26. The van der Waals surface area contributed by atoms with Gasteiger partial charge in [-0.15, -0.1) is 0 Å². The van der Waals surface area contributed by atoms with Crippen molar-refractivity contribution in [2.24, 2.45) is 0 Å². The Morgan fingerprint density at radius 3 is 2.21 bits per heavy atom. The lowest BCUT2D eigenvalue weighted by molar-refractivity contribution is -0.149. The monoisotopic (exact) mass is 464 g/mol. The van der Waals surface area contributed by atoms with E-state index >= 15 is 0 Å². The van der Waals surface area contributed by atoms with Gasteiger partial charge in [0.1, 0.15) is 12.1 Å². The lowest BCUT2D eigenvalue weighted by Gasteiger charge is -2.40. The maximum absolute atomic E-state index is 12.9. The zero-order valence-electron chi connectivity index (χ0n) is 18.8. The van der Waals surface area contributed by atoms with E-state index in [0.717, 1.165) is 28.7 Å². The van der Waals surface area contributed by atoms with E-state index in [1.807, 2.05) is 24.3 Å². The third-order valence-electron chi connectivity index (χ3n) is 7.20. The Labute approximate surface area is 197 Å². The fourth-order valence-corrected chi connectivity index (χ4v) is 5.18. The van der Waals surface area contributed by atoms with Crippen LogP contribution in [-0.4, -0.2) is 54.0 Å². The Balaban J connectivity index is 1.17. The topological polar surface area (TPSA) is 114 Å². The summed E-state index contributed by atoms with van der Waals surface area (Å²) in [6.45, 7) is 0.404. The molecular weight excluding hydrogens is 436 g/mol. The van der Waals surface area contributed by atoms with Crippen LogP contribution in [0.25, 0.3) is 11.1 Å². The molecule has 34 heavy (non-hydrogen) atoms. The van der Waals surface area contributed by atoms with Crippen LogP contribution in [0.3, 0.4) is 0 Å². The summed E-state index contributed by atoms with van der Waals surface area (Å²) in [5.41, 5.74) is 3.57. The molecule has 3 aliphatic rings. The maximum atomic E-state index is 12.9. The average molecular weight is 465 g/mol. The largest absolute Gasteiger partial charge is 0.479 e. The number of fused-ring (bicyclic) bond motifs is 3. The number of carbonyl (C=O) groups excluding carboxylic acids is 2. The van der Waals surface area contributed by atoms with Gasteiger partial charge in [-0.2, -0.15) is 0 Å². The van der Waals surface area contributed by atoms with Gasteiger partial charge in [-0.1, -0.05) is 48.5 Å². The van der Waals surface area contributed by atoms with Crippen molar-refractivity contribution in [3.8, 4) is 11.1 Å². The molecule has 1 heterocycles. The van der Waals surface area contributed by atoms with E-state index in [0.29, 0.717) is 25.7 Å². The van der Waals surface area contributed by atoms with Crippen LogP contribution in [0.1, 0.15) is 49.1 Å². The quantitative estimate of drug-likeness (QED) is 0.580. The highest BCUT2D eigenvalue weighted by Crippen LogP contribution is 2.44. The molecule has 2 amide bonds. The van der Waals surface area contributed by atoms with E-state index in [2.05, 4.69) is 34.9 Å². The summed E-state index contributed by atoms with van der Waals surface area (Å²) in [5, 5.41) is 14.7. The number of nitrogens with one attached hydrogen (secondary N) is 2. The van der Waals surface area contributed by atoms with Gasteiger partial charge in [0.15, 0.2) is 6.10 Å². The molecule has 2 aliphatic carbocycles. The van der Waals surface area contributed by atoms with Crippen molar-refractivity contribution in [2.45, 2.75) is 55.8 Å². The standard InChI is InChI=1S/C26H28N2O6/c29-23(30)22-11-10-16(34-22)14-27-24(31)26(12-5-13-26)28-25(32)33-15-21-19-8-3-1-6-17(19)18-7-2-4-9-20(18)21/h1-4,6-9,16,21-22H,5,10-15H2,(H,27,31)(H,28,32)(H,29,30). The van der Waals surface area contributed by atoms with Crippen molar-refractivity contribution >= 4 is 18.0 Å². The smallest absolute Gasteiger partial charge is 0.408 e. The molecule has 178 valence electrons. The molecule has 2 fully saturated rings. The first-order valence-electron chi connectivity index (χ1n) is 11.8. The summed E-state index contributed by atoms with van der Waals surface area (Å²) in [7, 11) is 0. The summed E-state index contributed by atoms with van der Waals surface area (Å²) in [4.78, 5) is 36.6. The zero-order valence-corrected chi connectivity index (χ0v) is 18.8. The number of alkyl carbamates (subject to hydrolysis) is 1. The number of amides is 2. The molecule has 2 aromatic rings. The van der Waals surface area contributed by atoms with Crippen LogP contribution in [-0.2, 0) is 19.1 Å². The normalized spacial score (nSPS) is 22.2. The molecule has 0 bridgehead atoms. The van der Waals surface area contributed by atoms with Crippen LogP contribution in [0.2, 0.25) is 0 Å². The molecule has 1 aliphatic heterocycles. The Morgan fingerprint density at radius 1 is 1.00 bits per heavy atom. The lowest BCUT2D eigenvalue weighted by Crippen LogP contribution is -2.63. The Hall–Kier alpha value is -3.39. The molecule has 8 heteroatoms.